The molecule has 9 heteroatoms. The van der Waals surface area contributed by atoms with Crippen LogP contribution >= 0.6 is 11.3 Å². The summed E-state index contributed by atoms with van der Waals surface area (Å²) in [7, 11) is 0. The van der Waals surface area contributed by atoms with Crippen LogP contribution in [0.5, 0.6) is 0 Å². The van der Waals surface area contributed by atoms with E-state index in [-0.39, 0.29) is 24.3 Å². The molecule has 3 N–H and O–H groups in total. The van der Waals surface area contributed by atoms with Gasteiger partial charge in [-0.3, -0.25) is 14.5 Å². The summed E-state index contributed by atoms with van der Waals surface area (Å²) in [5.41, 5.74) is 1.31. The number of hydrogen-bond acceptors (Lipinski definition) is 5. The molecule has 148 valence electrons. The van der Waals surface area contributed by atoms with Crippen LogP contribution in [0.2, 0.25) is 0 Å². The van der Waals surface area contributed by atoms with Crippen LogP contribution in [0.3, 0.4) is 0 Å². The maximum absolute atomic E-state index is 12.3. The van der Waals surface area contributed by atoms with Crippen LogP contribution < -0.4 is 20.9 Å². The lowest BCUT2D eigenvalue weighted by atomic mass is 9.95. The molecular weight excluding hydrogens is 378 g/mol. The second-order valence-electron chi connectivity index (χ2n) is 7.51. The minimum absolute atomic E-state index is 0.100. The summed E-state index contributed by atoms with van der Waals surface area (Å²) in [5, 5.41) is 10.7. The van der Waals surface area contributed by atoms with Crippen molar-refractivity contribution in [3.05, 3.63) is 35.3 Å². The highest BCUT2D eigenvalue weighted by Gasteiger charge is 2.24. The summed E-state index contributed by atoms with van der Waals surface area (Å²) < 4.78 is 0. The molecular formula is C19H23N5O3S. The van der Waals surface area contributed by atoms with Crippen LogP contribution in [-0.4, -0.2) is 35.9 Å². The third-order valence-electron chi connectivity index (χ3n) is 4.05. The summed E-state index contributed by atoms with van der Waals surface area (Å²) in [6.07, 6.45) is 0.102. The summed E-state index contributed by atoms with van der Waals surface area (Å²) in [5.74, 6) is -0.320. The van der Waals surface area contributed by atoms with Gasteiger partial charge in [-0.05, 0) is 18.2 Å². The molecule has 28 heavy (non-hydrogen) atoms. The molecule has 0 spiro atoms. The molecule has 1 aromatic carbocycles. The first-order valence-corrected chi connectivity index (χ1v) is 9.81. The molecule has 8 nitrogen and oxygen atoms in total. The van der Waals surface area contributed by atoms with E-state index < -0.39 is 5.41 Å². The highest BCUT2D eigenvalue weighted by atomic mass is 32.1. The van der Waals surface area contributed by atoms with Crippen molar-refractivity contribution >= 4 is 45.7 Å². The van der Waals surface area contributed by atoms with Crippen LogP contribution in [0.1, 0.15) is 26.5 Å². The van der Waals surface area contributed by atoms with Crippen molar-refractivity contribution < 1.29 is 14.4 Å². The van der Waals surface area contributed by atoms with E-state index in [9.17, 15) is 14.4 Å². The van der Waals surface area contributed by atoms with E-state index >= 15 is 0 Å². The SMILES string of the molecule is CC(C)(C)C(=O)Nc1cccc(NC(=O)Cc2csc(N3CCNC3=O)n2)c1. The molecule has 1 aromatic heterocycles. The van der Waals surface area contributed by atoms with Gasteiger partial charge in [-0.25, -0.2) is 9.78 Å². The third kappa shape index (κ3) is 4.86. The van der Waals surface area contributed by atoms with Crippen LogP contribution in [0, 0.1) is 5.41 Å². The van der Waals surface area contributed by atoms with Crippen LogP contribution in [-0.2, 0) is 16.0 Å². The molecule has 0 unspecified atom stereocenters. The van der Waals surface area contributed by atoms with E-state index in [1.54, 1.807) is 34.5 Å². The number of thiazole rings is 1. The highest BCUT2D eigenvalue weighted by Crippen LogP contribution is 2.23. The van der Waals surface area contributed by atoms with Gasteiger partial charge < -0.3 is 16.0 Å². The fraction of sp³-hybridized carbons (Fsp3) is 0.368. The summed E-state index contributed by atoms with van der Waals surface area (Å²) in [6, 6.07) is 6.84. The highest BCUT2D eigenvalue weighted by molar-refractivity contribution is 7.14. The topological polar surface area (TPSA) is 103 Å². The Hall–Kier alpha value is -2.94. The van der Waals surface area contributed by atoms with Gasteiger partial charge in [0.05, 0.1) is 12.1 Å². The molecule has 0 saturated carbocycles. The number of benzene rings is 1. The lowest BCUT2D eigenvalue weighted by molar-refractivity contribution is -0.123. The van der Waals surface area contributed by atoms with Gasteiger partial charge in [0, 0.05) is 35.3 Å². The smallest absolute Gasteiger partial charge is 0.323 e. The molecule has 1 fully saturated rings. The molecule has 4 amide bonds. The lowest BCUT2D eigenvalue weighted by Gasteiger charge is -2.18. The van der Waals surface area contributed by atoms with Gasteiger partial charge in [0.1, 0.15) is 0 Å². The number of nitrogens with zero attached hydrogens (tertiary/aromatic N) is 2. The van der Waals surface area contributed by atoms with Gasteiger partial charge >= 0.3 is 6.03 Å². The molecule has 0 radical (unpaired) electrons. The van der Waals surface area contributed by atoms with Crippen molar-refractivity contribution in [3.8, 4) is 0 Å². The average molecular weight is 401 g/mol. The monoisotopic (exact) mass is 401 g/mol. The van der Waals surface area contributed by atoms with E-state index in [0.717, 1.165) is 0 Å². The first kappa shape index (κ1) is 19.8. The Morgan fingerprint density at radius 1 is 1.25 bits per heavy atom. The quantitative estimate of drug-likeness (QED) is 0.717. The Balaban J connectivity index is 1.59. The zero-order chi connectivity index (χ0) is 20.3. The second kappa shape index (κ2) is 7.97. The molecule has 2 heterocycles. The minimum atomic E-state index is -0.506. The number of urea groups is 1. The number of hydrogen-bond donors (Lipinski definition) is 3. The van der Waals surface area contributed by atoms with Gasteiger partial charge in [-0.2, -0.15) is 0 Å². The van der Waals surface area contributed by atoms with Crippen molar-refractivity contribution in [1.29, 1.82) is 0 Å². The van der Waals surface area contributed by atoms with Gasteiger partial charge in [0.2, 0.25) is 11.8 Å². The summed E-state index contributed by atoms with van der Waals surface area (Å²) >= 11 is 1.34. The summed E-state index contributed by atoms with van der Waals surface area (Å²) in [6.45, 7) is 6.67. The number of amides is 4. The van der Waals surface area contributed by atoms with Crippen molar-refractivity contribution in [2.45, 2.75) is 27.2 Å². The molecule has 1 aliphatic rings. The lowest BCUT2D eigenvalue weighted by Crippen LogP contribution is -2.27. The first-order valence-electron chi connectivity index (χ1n) is 8.93. The molecule has 3 rings (SSSR count). The second-order valence-corrected chi connectivity index (χ2v) is 8.35. The Kier molecular flexibility index (Phi) is 5.64. The van der Waals surface area contributed by atoms with Crippen molar-refractivity contribution in [1.82, 2.24) is 10.3 Å². The third-order valence-corrected chi connectivity index (χ3v) is 4.97. The standard InChI is InChI=1S/C19H23N5O3S/c1-19(2,3)16(26)22-13-6-4-5-12(9-13)21-15(25)10-14-11-28-18(23-14)24-8-7-20-17(24)27/h4-6,9,11H,7-8,10H2,1-3H3,(H,20,27)(H,21,25)(H,22,26). The van der Waals surface area contributed by atoms with Crippen molar-refractivity contribution in [2.75, 3.05) is 28.6 Å². The maximum atomic E-state index is 12.3. The normalized spacial score (nSPS) is 14.0. The molecule has 0 aliphatic carbocycles. The predicted octanol–water partition coefficient (Wildman–Crippen LogP) is 2.84. The number of anilines is 3. The Labute approximate surface area is 167 Å². The first-order chi connectivity index (χ1) is 13.2. The van der Waals surface area contributed by atoms with Crippen LogP contribution in [0.25, 0.3) is 0 Å². The molecule has 0 atom stereocenters. The molecule has 1 aliphatic heterocycles. The number of nitrogens with one attached hydrogen (secondary N) is 3. The average Bonchev–Trinajstić information content (AvgIpc) is 3.22. The van der Waals surface area contributed by atoms with E-state index in [2.05, 4.69) is 20.9 Å². The molecule has 1 saturated heterocycles. The van der Waals surface area contributed by atoms with E-state index in [4.69, 9.17) is 0 Å². The molecule has 2 aromatic rings. The Morgan fingerprint density at radius 3 is 2.61 bits per heavy atom. The van der Waals surface area contributed by atoms with Gasteiger partial charge in [0.15, 0.2) is 5.13 Å². The van der Waals surface area contributed by atoms with E-state index in [1.807, 2.05) is 20.8 Å². The van der Waals surface area contributed by atoms with Crippen LogP contribution in [0.4, 0.5) is 21.3 Å². The largest absolute Gasteiger partial charge is 0.336 e. The van der Waals surface area contributed by atoms with Gasteiger partial charge in [-0.15, -0.1) is 11.3 Å². The number of carbonyl (C=O) groups excluding carboxylic acids is 3. The fourth-order valence-electron chi connectivity index (χ4n) is 2.52. The maximum Gasteiger partial charge on any atom is 0.323 e. The zero-order valence-corrected chi connectivity index (χ0v) is 16.9. The predicted molar refractivity (Wildman–Crippen MR) is 110 cm³/mol. The fourth-order valence-corrected chi connectivity index (χ4v) is 3.37. The van der Waals surface area contributed by atoms with Crippen molar-refractivity contribution in [3.63, 3.8) is 0 Å². The van der Waals surface area contributed by atoms with E-state index in [0.29, 0.717) is 35.3 Å². The van der Waals surface area contributed by atoms with Gasteiger partial charge in [-0.1, -0.05) is 26.8 Å². The Bertz CT molecular complexity index is 903. The number of rotatable bonds is 5. The number of aromatic nitrogens is 1. The molecule has 0 bridgehead atoms. The zero-order valence-electron chi connectivity index (χ0n) is 16.0. The van der Waals surface area contributed by atoms with Crippen LogP contribution in [0.15, 0.2) is 29.6 Å². The van der Waals surface area contributed by atoms with Crippen molar-refractivity contribution in [2.24, 2.45) is 5.41 Å². The van der Waals surface area contributed by atoms with E-state index in [1.165, 1.54) is 11.3 Å². The number of carbonyl (C=O) groups is 3. The summed E-state index contributed by atoms with van der Waals surface area (Å²) in [4.78, 5) is 42.1. The minimum Gasteiger partial charge on any atom is -0.336 e. The van der Waals surface area contributed by atoms with Gasteiger partial charge in [0.25, 0.3) is 0 Å². The Morgan fingerprint density at radius 2 is 1.96 bits per heavy atom.